The van der Waals surface area contributed by atoms with E-state index in [1.54, 1.807) is 12.1 Å². The van der Waals surface area contributed by atoms with E-state index in [4.69, 9.17) is 23.1 Å². The Morgan fingerprint density at radius 3 is 2.41 bits per heavy atom. The van der Waals surface area contributed by atoms with Gasteiger partial charge in [0.1, 0.15) is 18.3 Å². The Morgan fingerprint density at radius 2 is 1.76 bits per heavy atom. The highest BCUT2D eigenvalue weighted by Crippen LogP contribution is 2.46. The van der Waals surface area contributed by atoms with Crippen molar-refractivity contribution < 1.29 is 36.3 Å². The van der Waals surface area contributed by atoms with E-state index in [0.29, 0.717) is 0 Å². The number of methoxy groups -OCH3 is 1. The van der Waals surface area contributed by atoms with Crippen LogP contribution in [0.4, 0.5) is 0 Å². The summed E-state index contributed by atoms with van der Waals surface area (Å²) in [6.45, 7) is 1.60. The Kier molecular flexibility index (Phi) is 5.69. The maximum absolute atomic E-state index is 12.5. The van der Waals surface area contributed by atoms with Crippen molar-refractivity contribution in [3.63, 3.8) is 0 Å². The lowest BCUT2D eigenvalue weighted by molar-refractivity contribution is -0.227. The summed E-state index contributed by atoms with van der Waals surface area (Å²) in [4.78, 5) is 12.3. The van der Waals surface area contributed by atoms with E-state index < -0.39 is 46.3 Å². The molecule has 1 spiro atoms. The maximum Gasteiger partial charge on any atom is 0.337 e. The lowest BCUT2D eigenvalue weighted by atomic mass is 9.94. The molecule has 160 valence electrons. The first-order valence-corrected chi connectivity index (χ1v) is 11.3. The Morgan fingerprint density at radius 1 is 1.10 bits per heavy atom. The summed E-state index contributed by atoms with van der Waals surface area (Å²) in [5.74, 6) is -1.31. The molecule has 1 aliphatic carbocycles. The molecule has 2 heterocycles. The van der Waals surface area contributed by atoms with Gasteiger partial charge in [0, 0.05) is 12.8 Å². The third kappa shape index (κ3) is 4.06. The summed E-state index contributed by atoms with van der Waals surface area (Å²) in [5, 5.41) is 0. The molecule has 0 aromatic heterocycles. The molecule has 8 nitrogen and oxygen atoms in total. The molecule has 3 fully saturated rings. The summed E-state index contributed by atoms with van der Waals surface area (Å²) in [6, 6.07) is 6.39. The molecule has 2 aliphatic heterocycles. The Balaban J connectivity index is 1.49. The summed E-state index contributed by atoms with van der Waals surface area (Å²) in [5.41, 5.74) is 0.945. The van der Waals surface area contributed by atoms with E-state index >= 15 is 0 Å². The number of carbonyl (C=O) groups excluding carboxylic acids is 1. The molecular formula is C20H26O8S. The number of aryl methyl sites for hydroxylation is 1. The van der Waals surface area contributed by atoms with Crippen molar-refractivity contribution in [3.8, 4) is 0 Å². The van der Waals surface area contributed by atoms with Crippen molar-refractivity contribution in [2.24, 2.45) is 0 Å². The van der Waals surface area contributed by atoms with Crippen LogP contribution in [-0.2, 0) is 38.0 Å². The van der Waals surface area contributed by atoms with Crippen molar-refractivity contribution in [2.75, 3.05) is 13.7 Å². The molecular weight excluding hydrogens is 400 g/mol. The van der Waals surface area contributed by atoms with E-state index in [1.165, 1.54) is 19.2 Å². The summed E-state index contributed by atoms with van der Waals surface area (Å²) >= 11 is 0. The van der Waals surface area contributed by atoms with Crippen LogP contribution in [0.25, 0.3) is 0 Å². The van der Waals surface area contributed by atoms with Crippen LogP contribution in [0, 0.1) is 6.92 Å². The smallest absolute Gasteiger partial charge is 0.337 e. The topological polar surface area (TPSA) is 97.4 Å². The number of ether oxygens (including phenoxy) is 4. The van der Waals surface area contributed by atoms with E-state index in [-0.39, 0.29) is 11.5 Å². The van der Waals surface area contributed by atoms with Gasteiger partial charge in [0.15, 0.2) is 11.9 Å². The number of carbonyl (C=O) groups is 1. The monoisotopic (exact) mass is 426 g/mol. The molecule has 3 aliphatic rings. The zero-order valence-electron chi connectivity index (χ0n) is 16.5. The van der Waals surface area contributed by atoms with Gasteiger partial charge in [-0.25, -0.2) is 4.79 Å². The zero-order chi connectivity index (χ0) is 20.6. The van der Waals surface area contributed by atoms with E-state index in [2.05, 4.69) is 0 Å². The zero-order valence-corrected chi connectivity index (χ0v) is 17.4. The molecule has 1 aromatic carbocycles. The van der Waals surface area contributed by atoms with Gasteiger partial charge in [-0.15, -0.1) is 0 Å². The third-order valence-corrected chi connectivity index (χ3v) is 7.05. The van der Waals surface area contributed by atoms with Gasteiger partial charge in [-0.2, -0.15) is 8.42 Å². The van der Waals surface area contributed by atoms with Crippen molar-refractivity contribution in [3.05, 3.63) is 29.8 Å². The van der Waals surface area contributed by atoms with E-state index in [1.807, 2.05) is 6.92 Å². The third-order valence-electron chi connectivity index (χ3n) is 5.76. The Bertz CT molecular complexity index is 844. The quantitative estimate of drug-likeness (QED) is 0.522. The van der Waals surface area contributed by atoms with Crippen molar-refractivity contribution in [2.45, 2.75) is 74.1 Å². The van der Waals surface area contributed by atoms with E-state index in [0.717, 1.165) is 37.7 Å². The molecule has 0 N–H and O–H groups in total. The van der Waals surface area contributed by atoms with Gasteiger partial charge in [-0.05, 0) is 31.9 Å². The molecule has 1 aromatic rings. The molecule has 2 saturated heterocycles. The highest BCUT2D eigenvalue weighted by Gasteiger charge is 2.60. The van der Waals surface area contributed by atoms with Crippen LogP contribution < -0.4 is 0 Å². The predicted molar refractivity (Wildman–Crippen MR) is 101 cm³/mol. The van der Waals surface area contributed by atoms with Gasteiger partial charge in [0.05, 0.1) is 18.6 Å². The first kappa shape index (κ1) is 20.7. The van der Waals surface area contributed by atoms with Gasteiger partial charge in [-0.3, -0.25) is 4.18 Å². The lowest BCUT2D eigenvalue weighted by Gasteiger charge is -2.33. The van der Waals surface area contributed by atoms with Crippen LogP contribution in [0.15, 0.2) is 29.2 Å². The van der Waals surface area contributed by atoms with Gasteiger partial charge >= 0.3 is 5.97 Å². The van der Waals surface area contributed by atoms with Gasteiger partial charge in [0.2, 0.25) is 0 Å². The minimum absolute atomic E-state index is 0.0644. The first-order chi connectivity index (χ1) is 13.8. The summed E-state index contributed by atoms with van der Waals surface area (Å²) in [6.07, 6.45) is 1.58. The highest BCUT2D eigenvalue weighted by atomic mass is 32.2. The minimum atomic E-state index is -3.96. The SMILES string of the molecule is COC(=O)[C@H]1O[C@H](COS(=O)(=O)c2ccc(C)cc2)[C@H]2OC3(CCCCC3)O[C@H]21. The van der Waals surface area contributed by atoms with Crippen LogP contribution in [0.3, 0.4) is 0 Å². The first-order valence-electron chi connectivity index (χ1n) is 9.89. The molecule has 0 bridgehead atoms. The molecule has 29 heavy (non-hydrogen) atoms. The number of hydrogen-bond acceptors (Lipinski definition) is 8. The Labute approximate surface area is 170 Å². The molecule has 4 atom stereocenters. The number of fused-ring (bicyclic) bond motifs is 1. The largest absolute Gasteiger partial charge is 0.467 e. The fourth-order valence-corrected chi connectivity index (χ4v) is 5.14. The summed E-state index contributed by atoms with van der Waals surface area (Å²) < 4.78 is 53.2. The normalized spacial score (nSPS) is 31.0. The van der Waals surface area contributed by atoms with Crippen LogP contribution in [0.1, 0.15) is 37.7 Å². The molecule has 0 radical (unpaired) electrons. The standard InChI is InChI=1S/C20H26O8S/c1-13-6-8-14(9-7-13)29(22,23)25-12-15-16-17(18(26-15)19(21)24-2)28-20(27-16)10-4-3-5-11-20/h6-9,15-18H,3-5,10-12H2,1-2H3/t15-,16-,17-,18+/m1/s1. The summed E-state index contributed by atoms with van der Waals surface area (Å²) in [7, 11) is -2.69. The second kappa shape index (κ2) is 7.96. The predicted octanol–water partition coefficient (Wildman–Crippen LogP) is 2.09. The Hall–Kier alpha value is -1.52. The molecule has 0 unspecified atom stereocenters. The van der Waals surface area contributed by atoms with Gasteiger partial charge < -0.3 is 18.9 Å². The number of rotatable bonds is 5. The highest BCUT2D eigenvalue weighted by molar-refractivity contribution is 7.86. The fourth-order valence-electron chi connectivity index (χ4n) is 4.22. The average Bonchev–Trinajstić information content (AvgIpc) is 3.22. The second-order valence-corrected chi connectivity index (χ2v) is 9.42. The van der Waals surface area contributed by atoms with Crippen LogP contribution in [0.5, 0.6) is 0 Å². The number of esters is 1. The van der Waals surface area contributed by atoms with Gasteiger partial charge in [-0.1, -0.05) is 24.1 Å². The number of benzene rings is 1. The maximum atomic E-state index is 12.5. The van der Waals surface area contributed by atoms with Gasteiger partial charge in [0.25, 0.3) is 10.1 Å². The molecule has 9 heteroatoms. The van der Waals surface area contributed by atoms with Crippen molar-refractivity contribution in [1.82, 2.24) is 0 Å². The average molecular weight is 426 g/mol. The molecule has 1 saturated carbocycles. The molecule has 4 rings (SSSR count). The van der Waals surface area contributed by atoms with Crippen LogP contribution in [-0.4, -0.2) is 58.3 Å². The van der Waals surface area contributed by atoms with Crippen LogP contribution in [0.2, 0.25) is 0 Å². The van der Waals surface area contributed by atoms with Crippen molar-refractivity contribution >= 4 is 16.1 Å². The minimum Gasteiger partial charge on any atom is -0.467 e. The van der Waals surface area contributed by atoms with Crippen LogP contribution >= 0.6 is 0 Å². The second-order valence-electron chi connectivity index (χ2n) is 7.81. The number of hydrogen-bond donors (Lipinski definition) is 0. The van der Waals surface area contributed by atoms with Crippen molar-refractivity contribution in [1.29, 1.82) is 0 Å². The molecule has 0 amide bonds. The lowest BCUT2D eigenvalue weighted by Crippen LogP contribution is -2.39. The fraction of sp³-hybridized carbons (Fsp3) is 0.650. The van der Waals surface area contributed by atoms with E-state index in [9.17, 15) is 13.2 Å².